The Bertz CT molecular complexity index is 260. The lowest BCUT2D eigenvalue weighted by atomic mass is 9.86. The van der Waals surface area contributed by atoms with Crippen LogP contribution in [0.5, 0.6) is 0 Å². The van der Waals surface area contributed by atoms with E-state index in [-0.39, 0.29) is 0 Å². The zero-order chi connectivity index (χ0) is 13.2. The fourth-order valence-electron chi connectivity index (χ4n) is 3.68. The molecule has 0 saturated heterocycles. The highest BCUT2D eigenvalue weighted by atomic mass is 15.3. The third kappa shape index (κ3) is 3.27. The minimum absolute atomic E-state index is 0.330. The molecule has 2 fully saturated rings. The highest BCUT2D eigenvalue weighted by Gasteiger charge is 2.43. The molecule has 2 heteroatoms. The molecule has 0 spiro atoms. The number of rotatable bonds is 5. The maximum atomic E-state index is 6.25. The molecule has 0 aromatic rings. The minimum Gasteiger partial charge on any atom is -0.329 e. The van der Waals surface area contributed by atoms with Crippen molar-refractivity contribution in [1.29, 1.82) is 0 Å². The van der Waals surface area contributed by atoms with Crippen LogP contribution in [0.2, 0.25) is 0 Å². The zero-order valence-electron chi connectivity index (χ0n) is 12.6. The number of nitrogens with zero attached hydrogens (tertiary/aromatic N) is 1. The molecule has 2 saturated carbocycles. The van der Waals surface area contributed by atoms with E-state index < -0.39 is 0 Å². The van der Waals surface area contributed by atoms with E-state index >= 15 is 0 Å². The maximum Gasteiger partial charge on any atom is 0.0334 e. The maximum absolute atomic E-state index is 6.25. The lowest BCUT2D eigenvalue weighted by Gasteiger charge is -2.44. The Balaban J connectivity index is 2.11. The van der Waals surface area contributed by atoms with E-state index in [4.69, 9.17) is 5.73 Å². The Morgan fingerprint density at radius 2 is 1.89 bits per heavy atom. The van der Waals surface area contributed by atoms with Crippen LogP contribution in [0.1, 0.15) is 65.7 Å². The first-order valence-corrected chi connectivity index (χ1v) is 8.04. The van der Waals surface area contributed by atoms with Gasteiger partial charge in [-0.25, -0.2) is 0 Å². The lowest BCUT2D eigenvalue weighted by Crippen LogP contribution is -2.55. The third-order valence-corrected chi connectivity index (χ3v) is 4.98. The molecule has 2 aliphatic carbocycles. The average Bonchev–Trinajstić information content (AvgIpc) is 3.14. The van der Waals surface area contributed by atoms with E-state index in [2.05, 4.69) is 25.7 Å². The summed E-state index contributed by atoms with van der Waals surface area (Å²) in [6.07, 6.45) is 9.62. The van der Waals surface area contributed by atoms with Crippen LogP contribution in [0.25, 0.3) is 0 Å². The van der Waals surface area contributed by atoms with Gasteiger partial charge in [0.05, 0.1) is 0 Å². The van der Waals surface area contributed by atoms with Gasteiger partial charge in [0.1, 0.15) is 0 Å². The van der Waals surface area contributed by atoms with Crippen molar-refractivity contribution in [3.63, 3.8) is 0 Å². The second kappa shape index (κ2) is 5.92. The van der Waals surface area contributed by atoms with E-state index in [9.17, 15) is 0 Å². The molecule has 2 rings (SSSR count). The van der Waals surface area contributed by atoms with Crippen LogP contribution in [0.4, 0.5) is 0 Å². The Morgan fingerprint density at radius 3 is 2.44 bits per heavy atom. The molecule has 0 amide bonds. The molecule has 2 nitrogen and oxygen atoms in total. The molecule has 0 aromatic carbocycles. The van der Waals surface area contributed by atoms with Gasteiger partial charge in [0.15, 0.2) is 0 Å². The van der Waals surface area contributed by atoms with Crippen molar-refractivity contribution in [1.82, 2.24) is 4.90 Å². The first-order valence-electron chi connectivity index (χ1n) is 8.04. The summed E-state index contributed by atoms with van der Waals surface area (Å²) in [4.78, 5) is 2.82. The van der Waals surface area contributed by atoms with Gasteiger partial charge in [-0.15, -0.1) is 0 Å². The van der Waals surface area contributed by atoms with Crippen LogP contribution < -0.4 is 5.73 Å². The highest BCUT2D eigenvalue weighted by Crippen LogP contribution is 2.41. The van der Waals surface area contributed by atoms with Crippen molar-refractivity contribution in [3.8, 4) is 0 Å². The van der Waals surface area contributed by atoms with Crippen molar-refractivity contribution < 1.29 is 0 Å². The fourth-order valence-corrected chi connectivity index (χ4v) is 3.68. The quantitative estimate of drug-likeness (QED) is 0.760. The molecule has 0 radical (unpaired) electrons. The van der Waals surface area contributed by atoms with E-state index in [1.807, 2.05) is 0 Å². The van der Waals surface area contributed by atoms with Gasteiger partial charge in [0.25, 0.3) is 0 Å². The molecule has 18 heavy (non-hydrogen) atoms. The molecule has 0 bridgehead atoms. The molecule has 0 aliphatic heterocycles. The van der Waals surface area contributed by atoms with Crippen molar-refractivity contribution in [3.05, 3.63) is 0 Å². The van der Waals surface area contributed by atoms with Crippen molar-refractivity contribution in [2.45, 2.75) is 77.3 Å². The second-order valence-corrected chi connectivity index (χ2v) is 7.24. The number of nitrogens with two attached hydrogens (primary N) is 1. The van der Waals surface area contributed by atoms with E-state index in [1.54, 1.807) is 0 Å². The standard InChI is InChI=1S/C16H32N2/c1-13(2)11-18(15-6-7-15)16(12-17)9-4-5-14(3)8-10-16/h13-15H,4-12,17H2,1-3H3. The number of hydrogen-bond acceptors (Lipinski definition) is 2. The zero-order valence-corrected chi connectivity index (χ0v) is 12.6. The smallest absolute Gasteiger partial charge is 0.0334 e. The monoisotopic (exact) mass is 252 g/mol. The third-order valence-electron chi connectivity index (χ3n) is 4.98. The summed E-state index contributed by atoms with van der Waals surface area (Å²) in [5.41, 5.74) is 6.58. The SMILES string of the molecule is CC(C)CN(C1CC1)C1(CN)CCCC(C)CC1. The molecule has 2 unspecified atom stereocenters. The summed E-state index contributed by atoms with van der Waals surface area (Å²) in [6, 6.07) is 0.851. The fraction of sp³-hybridized carbons (Fsp3) is 1.00. The van der Waals surface area contributed by atoms with Crippen LogP contribution >= 0.6 is 0 Å². The van der Waals surface area contributed by atoms with Crippen LogP contribution in [0.15, 0.2) is 0 Å². The molecule has 2 atom stereocenters. The number of hydrogen-bond donors (Lipinski definition) is 1. The van der Waals surface area contributed by atoms with Crippen molar-refractivity contribution >= 4 is 0 Å². The van der Waals surface area contributed by atoms with Gasteiger partial charge in [-0.2, -0.15) is 0 Å². The normalized spacial score (nSPS) is 34.0. The summed E-state index contributed by atoms with van der Waals surface area (Å²) < 4.78 is 0. The van der Waals surface area contributed by atoms with E-state index in [0.29, 0.717) is 5.54 Å². The molecule has 2 aliphatic rings. The molecule has 0 heterocycles. The first-order chi connectivity index (χ1) is 8.57. The lowest BCUT2D eigenvalue weighted by molar-refractivity contribution is 0.0566. The van der Waals surface area contributed by atoms with Gasteiger partial charge < -0.3 is 5.73 Å². The van der Waals surface area contributed by atoms with Crippen LogP contribution in [0.3, 0.4) is 0 Å². The van der Waals surface area contributed by atoms with Gasteiger partial charge in [-0.1, -0.05) is 33.6 Å². The largest absolute Gasteiger partial charge is 0.329 e. The average molecular weight is 252 g/mol. The Labute approximate surface area is 113 Å². The predicted octanol–water partition coefficient (Wildman–Crippen LogP) is 3.40. The van der Waals surface area contributed by atoms with E-state index in [0.717, 1.165) is 24.4 Å². The molecule has 0 aromatic heterocycles. The highest BCUT2D eigenvalue weighted by molar-refractivity contribution is 5.00. The van der Waals surface area contributed by atoms with Crippen molar-refractivity contribution in [2.75, 3.05) is 13.1 Å². The topological polar surface area (TPSA) is 29.3 Å². The molecule has 2 N–H and O–H groups in total. The Hall–Kier alpha value is -0.0800. The van der Waals surface area contributed by atoms with Crippen molar-refractivity contribution in [2.24, 2.45) is 17.6 Å². The molecule has 106 valence electrons. The molecular formula is C16H32N2. The summed E-state index contributed by atoms with van der Waals surface area (Å²) in [6.45, 7) is 9.22. The minimum atomic E-state index is 0.330. The summed E-state index contributed by atoms with van der Waals surface area (Å²) in [5.74, 6) is 1.66. The first kappa shape index (κ1) is 14.3. The Morgan fingerprint density at radius 1 is 1.17 bits per heavy atom. The van der Waals surface area contributed by atoms with Crippen LogP contribution in [-0.2, 0) is 0 Å². The second-order valence-electron chi connectivity index (χ2n) is 7.24. The van der Waals surface area contributed by atoms with Gasteiger partial charge in [-0.05, 0) is 43.9 Å². The molecular weight excluding hydrogens is 220 g/mol. The van der Waals surface area contributed by atoms with Crippen LogP contribution in [-0.4, -0.2) is 29.6 Å². The van der Waals surface area contributed by atoms with Gasteiger partial charge in [0.2, 0.25) is 0 Å². The van der Waals surface area contributed by atoms with Gasteiger partial charge in [0, 0.05) is 24.7 Å². The predicted molar refractivity (Wildman–Crippen MR) is 78.6 cm³/mol. The Kier molecular flexibility index (Phi) is 4.71. The van der Waals surface area contributed by atoms with Gasteiger partial charge >= 0.3 is 0 Å². The van der Waals surface area contributed by atoms with Crippen LogP contribution in [0, 0.1) is 11.8 Å². The summed E-state index contributed by atoms with van der Waals surface area (Å²) in [7, 11) is 0. The summed E-state index contributed by atoms with van der Waals surface area (Å²) in [5, 5.41) is 0. The van der Waals surface area contributed by atoms with Gasteiger partial charge in [-0.3, -0.25) is 4.90 Å². The van der Waals surface area contributed by atoms with E-state index in [1.165, 1.54) is 51.5 Å². The summed E-state index contributed by atoms with van der Waals surface area (Å²) >= 11 is 0.